The Hall–Kier alpha value is -0.620. The van der Waals surface area contributed by atoms with Gasteiger partial charge in [-0.15, -0.1) is 0 Å². The van der Waals surface area contributed by atoms with Gasteiger partial charge in [0.05, 0.1) is 0 Å². The standard InChI is InChI=1S/C3H8.CO2.CH4/c1-3-2;2-1-3;/h3H2,1-2H3;;1H4. The van der Waals surface area contributed by atoms with Crippen molar-refractivity contribution in [1.29, 1.82) is 0 Å². The highest BCUT2D eigenvalue weighted by molar-refractivity contribution is 5.20. The van der Waals surface area contributed by atoms with Gasteiger partial charge in [-0.05, 0) is 0 Å². The van der Waals surface area contributed by atoms with Crippen molar-refractivity contribution in [2.75, 3.05) is 0 Å². The molecule has 0 saturated heterocycles. The van der Waals surface area contributed by atoms with E-state index in [-0.39, 0.29) is 13.6 Å². The Kier molecular flexibility index (Phi) is 125. The second kappa shape index (κ2) is 54.2. The monoisotopic (exact) mass is 104 g/mol. The molecule has 44 valence electrons. The summed E-state index contributed by atoms with van der Waals surface area (Å²) >= 11 is 0. The van der Waals surface area contributed by atoms with Gasteiger partial charge in [-0.1, -0.05) is 27.7 Å². The van der Waals surface area contributed by atoms with Gasteiger partial charge in [0.2, 0.25) is 0 Å². The Morgan fingerprint density at radius 3 is 1.29 bits per heavy atom. The van der Waals surface area contributed by atoms with E-state index in [0.29, 0.717) is 0 Å². The summed E-state index contributed by atoms with van der Waals surface area (Å²) in [5.74, 6) is 0. The predicted octanol–water partition coefficient (Wildman–Crippen LogP) is 1.47. The van der Waals surface area contributed by atoms with Gasteiger partial charge in [-0.25, -0.2) is 0 Å². The van der Waals surface area contributed by atoms with Crippen LogP contribution in [-0.4, -0.2) is 6.15 Å². The SMILES string of the molecule is C.CCC.O=C=O. The third-order valence-corrected chi connectivity index (χ3v) is 0. The van der Waals surface area contributed by atoms with Gasteiger partial charge in [0, 0.05) is 0 Å². The number of hydrogen-bond acceptors (Lipinski definition) is 2. The molecule has 0 spiro atoms. The minimum atomic E-state index is 0. The van der Waals surface area contributed by atoms with Crippen LogP contribution >= 0.6 is 0 Å². The molecule has 0 saturated carbocycles. The van der Waals surface area contributed by atoms with Gasteiger partial charge < -0.3 is 0 Å². The smallest absolute Gasteiger partial charge is 0.186 e. The summed E-state index contributed by atoms with van der Waals surface area (Å²) in [5, 5.41) is 0. The topological polar surface area (TPSA) is 34.1 Å². The largest absolute Gasteiger partial charge is 0.373 e. The summed E-state index contributed by atoms with van der Waals surface area (Å²) in [5.41, 5.74) is 0. The quantitative estimate of drug-likeness (QED) is 0.466. The Balaban J connectivity index is -0.0000000400. The lowest BCUT2D eigenvalue weighted by Crippen LogP contribution is -1.27. The zero-order valence-electron chi connectivity index (χ0n) is 4.02. The molecule has 0 aliphatic carbocycles. The average molecular weight is 104 g/mol. The van der Waals surface area contributed by atoms with E-state index < -0.39 is 0 Å². The van der Waals surface area contributed by atoms with E-state index in [0.717, 1.165) is 0 Å². The maximum Gasteiger partial charge on any atom is 0.373 e. The third kappa shape index (κ3) is 160. The fourth-order valence-electron chi connectivity index (χ4n) is 0. The fourth-order valence-corrected chi connectivity index (χ4v) is 0. The van der Waals surface area contributed by atoms with Crippen LogP contribution < -0.4 is 0 Å². The Morgan fingerprint density at radius 2 is 1.29 bits per heavy atom. The first-order valence-corrected chi connectivity index (χ1v) is 1.82. The van der Waals surface area contributed by atoms with E-state index >= 15 is 0 Å². The van der Waals surface area contributed by atoms with Crippen LogP contribution in [-0.2, 0) is 9.59 Å². The molecule has 0 aromatic heterocycles. The van der Waals surface area contributed by atoms with Crippen LogP contribution in [0.5, 0.6) is 0 Å². The van der Waals surface area contributed by atoms with Crippen LogP contribution in [0.25, 0.3) is 0 Å². The molecule has 0 unspecified atom stereocenters. The van der Waals surface area contributed by atoms with Crippen molar-refractivity contribution in [2.24, 2.45) is 0 Å². The van der Waals surface area contributed by atoms with Crippen molar-refractivity contribution >= 4 is 6.15 Å². The Morgan fingerprint density at radius 1 is 1.29 bits per heavy atom. The van der Waals surface area contributed by atoms with E-state index in [1.54, 1.807) is 0 Å². The zero-order valence-corrected chi connectivity index (χ0v) is 4.02. The minimum absolute atomic E-state index is 0. The molecule has 0 heterocycles. The van der Waals surface area contributed by atoms with Crippen LogP contribution in [0.15, 0.2) is 0 Å². The first-order valence-electron chi connectivity index (χ1n) is 1.82. The molecule has 0 aliphatic rings. The van der Waals surface area contributed by atoms with Crippen LogP contribution in [0.3, 0.4) is 0 Å². The van der Waals surface area contributed by atoms with Crippen LogP contribution in [0, 0.1) is 0 Å². The summed E-state index contributed by atoms with van der Waals surface area (Å²) in [6.45, 7) is 4.25. The van der Waals surface area contributed by atoms with Crippen LogP contribution in [0.4, 0.5) is 0 Å². The molecule has 0 aromatic rings. The molecule has 7 heavy (non-hydrogen) atoms. The maximum atomic E-state index is 8.12. The molecule has 0 atom stereocenters. The lowest BCUT2D eigenvalue weighted by atomic mass is 10.6. The summed E-state index contributed by atoms with van der Waals surface area (Å²) in [6, 6.07) is 0. The molecule has 0 aromatic carbocycles. The van der Waals surface area contributed by atoms with Gasteiger partial charge >= 0.3 is 6.15 Å². The van der Waals surface area contributed by atoms with Crippen molar-refractivity contribution in [3.63, 3.8) is 0 Å². The van der Waals surface area contributed by atoms with E-state index in [2.05, 4.69) is 13.8 Å². The molecule has 2 heteroatoms. The highest BCUT2D eigenvalue weighted by Crippen LogP contribution is 1.56. The van der Waals surface area contributed by atoms with Gasteiger partial charge in [-0.3, -0.25) is 0 Å². The van der Waals surface area contributed by atoms with Gasteiger partial charge in [0.1, 0.15) is 0 Å². The number of carbonyl (C=O) groups excluding carboxylic acids is 2. The zero-order chi connectivity index (χ0) is 5.41. The minimum Gasteiger partial charge on any atom is -0.186 e. The molecule has 0 N–H and O–H groups in total. The first-order chi connectivity index (χ1) is 2.83. The summed E-state index contributed by atoms with van der Waals surface area (Å²) in [6.07, 6.45) is 1.50. The molecule has 2 nitrogen and oxygen atoms in total. The van der Waals surface area contributed by atoms with E-state index in [9.17, 15) is 0 Å². The van der Waals surface area contributed by atoms with Crippen molar-refractivity contribution in [3.05, 3.63) is 0 Å². The maximum absolute atomic E-state index is 8.12. The Bertz CT molecular complexity index is 35.3. The summed E-state index contributed by atoms with van der Waals surface area (Å²) < 4.78 is 0. The lowest BCUT2D eigenvalue weighted by molar-refractivity contribution is -0.191. The normalized spacial score (nSPS) is 3.71. The molecule has 0 aliphatic heterocycles. The van der Waals surface area contributed by atoms with Crippen LogP contribution in [0.2, 0.25) is 0 Å². The molecular formula is C5H12O2. The van der Waals surface area contributed by atoms with E-state index in [1.807, 2.05) is 0 Å². The van der Waals surface area contributed by atoms with Crippen LogP contribution in [0.1, 0.15) is 27.7 Å². The van der Waals surface area contributed by atoms with Gasteiger partial charge in [0.15, 0.2) is 0 Å². The second-order valence-corrected chi connectivity index (χ2v) is 0.790. The second-order valence-electron chi connectivity index (χ2n) is 0.790. The van der Waals surface area contributed by atoms with Crippen molar-refractivity contribution in [2.45, 2.75) is 27.7 Å². The van der Waals surface area contributed by atoms with E-state index in [4.69, 9.17) is 9.59 Å². The Labute approximate surface area is 44.5 Å². The molecule has 0 rings (SSSR count). The lowest BCUT2D eigenvalue weighted by Gasteiger charge is -1.48. The molecule has 0 radical (unpaired) electrons. The molecule has 0 bridgehead atoms. The highest BCUT2D eigenvalue weighted by Gasteiger charge is 1.35. The molecule has 0 amide bonds. The molecule has 0 fully saturated rings. The number of rotatable bonds is 0. The average Bonchev–Trinajstić information content (AvgIpc) is 1.39. The summed E-state index contributed by atoms with van der Waals surface area (Å²) in [7, 11) is 0. The molecular weight excluding hydrogens is 92.1 g/mol. The predicted molar refractivity (Wildman–Crippen MR) is 27.7 cm³/mol. The third-order valence-electron chi connectivity index (χ3n) is 0. The van der Waals surface area contributed by atoms with Crippen molar-refractivity contribution < 1.29 is 9.59 Å². The van der Waals surface area contributed by atoms with Crippen molar-refractivity contribution in [1.82, 2.24) is 0 Å². The fraction of sp³-hybridized carbons (Fsp3) is 0.800. The van der Waals surface area contributed by atoms with Gasteiger partial charge in [-0.2, -0.15) is 9.59 Å². The van der Waals surface area contributed by atoms with E-state index in [1.165, 1.54) is 6.42 Å². The summed E-state index contributed by atoms with van der Waals surface area (Å²) in [4.78, 5) is 16.2. The van der Waals surface area contributed by atoms with Gasteiger partial charge in [0.25, 0.3) is 0 Å². The number of hydrogen-bond donors (Lipinski definition) is 0. The highest BCUT2D eigenvalue weighted by atomic mass is 16.2. The van der Waals surface area contributed by atoms with Crippen molar-refractivity contribution in [3.8, 4) is 0 Å². The first kappa shape index (κ1) is 16.2.